The summed E-state index contributed by atoms with van der Waals surface area (Å²) in [7, 11) is -3.69. The fourth-order valence-electron chi connectivity index (χ4n) is 3.89. The highest BCUT2D eigenvalue weighted by Crippen LogP contribution is 2.29. The molecule has 0 amide bonds. The van der Waals surface area contributed by atoms with Gasteiger partial charge in [-0.05, 0) is 55.8 Å². The van der Waals surface area contributed by atoms with Gasteiger partial charge in [-0.1, -0.05) is 56.0 Å². The van der Waals surface area contributed by atoms with Gasteiger partial charge in [-0.25, -0.2) is 13.4 Å². The van der Waals surface area contributed by atoms with Crippen molar-refractivity contribution in [3.05, 3.63) is 72.3 Å². The molecule has 1 heterocycles. The zero-order valence-electron chi connectivity index (χ0n) is 18.6. The van der Waals surface area contributed by atoms with Crippen LogP contribution in [0.1, 0.15) is 38.2 Å². The molecular formula is C26H29N3O2S. The molecule has 0 aliphatic carbocycles. The average Bonchev–Trinajstić information content (AvgIpc) is 2.77. The van der Waals surface area contributed by atoms with E-state index in [4.69, 9.17) is 10.7 Å². The van der Waals surface area contributed by atoms with Crippen molar-refractivity contribution in [3.8, 4) is 0 Å². The summed E-state index contributed by atoms with van der Waals surface area (Å²) in [5.41, 5.74) is 9.79. The quantitative estimate of drug-likeness (QED) is 0.202. The standard InChI is InChI=1S/C26H29N3O2S/c1-3-4-5-6-15-29(32(30,31)24-13-7-19(2)8-14-24)23-12-10-21-16-20-9-11-22(27)17-25(20)28-26(21)18-23/h7-14,16-18H,3-6,15,27H2,1-2H3. The van der Waals surface area contributed by atoms with Crippen molar-refractivity contribution in [1.82, 2.24) is 4.98 Å². The normalized spacial score (nSPS) is 11.8. The summed E-state index contributed by atoms with van der Waals surface area (Å²) in [6.07, 6.45) is 3.98. The molecule has 0 fully saturated rings. The first-order chi connectivity index (χ1) is 15.4. The molecule has 6 heteroatoms. The summed E-state index contributed by atoms with van der Waals surface area (Å²) in [5.74, 6) is 0. The number of rotatable bonds is 8. The smallest absolute Gasteiger partial charge is 0.264 e. The van der Waals surface area contributed by atoms with Gasteiger partial charge in [0.05, 0.1) is 21.6 Å². The van der Waals surface area contributed by atoms with Crippen molar-refractivity contribution in [2.45, 2.75) is 44.4 Å². The van der Waals surface area contributed by atoms with Crippen LogP contribution in [0.15, 0.2) is 71.6 Å². The maximum absolute atomic E-state index is 13.6. The molecule has 3 aromatic carbocycles. The Kier molecular flexibility index (Phi) is 6.33. The van der Waals surface area contributed by atoms with Gasteiger partial charge in [0.2, 0.25) is 0 Å². The van der Waals surface area contributed by atoms with Crippen molar-refractivity contribution in [2.75, 3.05) is 16.6 Å². The summed E-state index contributed by atoms with van der Waals surface area (Å²) in [6, 6.07) is 20.4. The van der Waals surface area contributed by atoms with Gasteiger partial charge in [-0.3, -0.25) is 4.31 Å². The fraction of sp³-hybridized carbons (Fsp3) is 0.269. The first-order valence-electron chi connectivity index (χ1n) is 11.1. The summed E-state index contributed by atoms with van der Waals surface area (Å²) in [5, 5.41) is 1.97. The van der Waals surface area contributed by atoms with E-state index in [1.807, 2.05) is 55.5 Å². The lowest BCUT2D eigenvalue weighted by atomic mass is 10.1. The number of unbranched alkanes of at least 4 members (excludes halogenated alkanes) is 3. The predicted octanol–water partition coefficient (Wildman–Crippen LogP) is 6.05. The number of nitrogen functional groups attached to an aromatic ring is 1. The third-order valence-corrected chi connectivity index (χ3v) is 7.57. The van der Waals surface area contributed by atoms with E-state index in [0.29, 0.717) is 22.8 Å². The minimum atomic E-state index is -3.69. The van der Waals surface area contributed by atoms with E-state index in [9.17, 15) is 8.42 Å². The molecule has 32 heavy (non-hydrogen) atoms. The molecule has 0 unspecified atom stereocenters. The molecule has 0 saturated heterocycles. The Morgan fingerprint density at radius 2 is 1.53 bits per heavy atom. The third-order valence-electron chi connectivity index (χ3n) is 5.73. The van der Waals surface area contributed by atoms with Gasteiger partial charge in [0.25, 0.3) is 10.0 Å². The second-order valence-corrected chi connectivity index (χ2v) is 10.1. The van der Waals surface area contributed by atoms with Crippen LogP contribution in [-0.2, 0) is 10.0 Å². The number of fused-ring (bicyclic) bond motifs is 2. The second-order valence-electron chi connectivity index (χ2n) is 8.27. The van der Waals surface area contributed by atoms with Crippen molar-refractivity contribution in [1.29, 1.82) is 0 Å². The molecule has 2 N–H and O–H groups in total. The van der Waals surface area contributed by atoms with E-state index in [2.05, 4.69) is 13.0 Å². The van der Waals surface area contributed by atoms with Crippen LogP contribution in [0, 0.1) is 6.92 Å². The molecule has 0 spiro atoms. The van der Waals surface area contributed by atoms with Gasteiger partial charge < -0.3 is 5.73 Å². The molecule has 4 rings (SSSR count). The summed E-state index contributed by atoms with van der Waals surface area (Å²) < 4.78 is 28.7. The number of nitrogens with zero attached hydrogens (tertiary/aromatic N) is 2. The van der Waals surface area contributed by atoms with Crippen LogP contribution in [0.5, 0.6) is 0 Å². The van der Waals surface area contributed by atoms with Gasteiger partial charge >= 0.3 is 0 Å². The monoisotopic (exact) mass is 447 g/mol. The maximum Gasteiger partial charge on any atom is 0.264 e. The highest BCUT2D eigenvalue weighted by molar-refractivity contribution is 7.92. The van der Waals surface area contributed by atoms with Crippen LogP contribution in [-0.4, -0.2) is 19.9 Å². The zero-order chi connectivity index (χ0) is 22.7. The van der Waals surface area contributed by atoms with Gasteiger partial charge in [-0.15, -0.1) is 0 Å². The largest absolute Gasteiger partial charge is 0.399 e. The van der Waals surface area contributed by atoms with E-state index in [1.165, 1.54) is 4.31 Å². The number of aryl methyl sites for hydroxylation is 1. The van der Waals surface area contributed by atoms with Crippen LogP contribution in [0.2, 0.25) is 0 Å². The molecule has 0 atom stereocenters. The Labute approximate surface area is 189 Å². The van der Waals surface area contributed by atoms with Gasteiger partial charge in [0.15, 0.2) is 0 Å². The average molecular weight is 448 g/mol. The minimum absolute atomic E-state index is 0.304. The Balaban J connectivity index is 1.78. The Hall–Kier alpha value is -3.12. The number of hydrogen-bond donors (Lipinski definition) is 1. The molecular weight excluding hydrogens is 418 g/mol. The lowest BCUT2D eigenvalue weighted by Gasteiger charge is -2.25. The van der Waals surface area contributed by atoms with Gasteiger partial charge in [0.1, 0.15) is 0 Å². The highest BCUT2D eigenvalue weighted by atomic mass is 32.2. The van der Waals surface area contributed by atoms with Gasteiger partial charge in [-0.2, -0.15) is 0 Å². The fourth-order valence-corrected chi connectivity index (χ4v) is 5.39. The molecule has 0 bridgehead atoms. The first-order valence-corrected chi connectivity index (χ1v) is 12.5. The molecule has 4 aromatic rings. The number of aromatic nitrogens is 1. The van der Waals surface area contributed by atoms with Crippen molar-refractivity contribution < 1.29 is 8.42 Å². The number of nitrogens with two attached hydrogens (primary N) is 1. The third kappa shape index (κ3) is 4.55. The zero-order valence-corrected chi connectivity index (χ0v) is 19.4. The Morgan fingerprint density at radius 1 is 0.844 bits per heavy atom. The number of sulfonamides is 1. The van der Waals surface area contributed by atoms with E-state index < -0.39 is 10.0 Å². The van der Waals surface area contributed by atoms with Crippen LogP contribution < -0.4 is 10.0 Å². The summed E-state index contributed by atoms with van der Waals surface area (Å²) >= 11 is 0. The minimum Gasteiger partial charge on any atom is -0.399 e. The van der Waals surface area contributed by atoms with Crippen LogP contribution in [0.25, 0.3) is 21.8 Å². The molecule has 0 aliphatic rings. The van der Waals surface area contributed by atoms with E-state index >= 15 is 0 Å². The molecule has 166 valence electrons. The van der Waals surface area contributed by atoms with Crippen molar-refractivity contribution >= 4 is 43.2 Å². The number of pyridine rings is 1. The summed E-state index contributed by atoms with van der Waals surface area (Å²) in [4.78, 5) is 5.06. The number of anilines is 2. The van der Waals surface area contributed by atoms with E-state index in [-0.39, 0.29) is 0 Å². The second kappa shape index (κ2) is 9.17. The van der Waals surface area contributed by atoms with Crippen LogP contribution in [0.3, 0.4) is 0 Å². The van der Waals surface area contributed by atoms with Crippen molar-refractivity contribution in [3.63, 3.8) is 0 Å². The number of hydrogen-bond acceptors (Lipinski definition) is 4. The van der Waals surface area contributed by atoms with E-state index in [0.717, 1.165) is 53.1 Å². The Bertz CT molecular complexity index is 1350. The molecule has 5 nitrogen and oxygen atoms in total. The van der Waals surface area contributed by atoms with E-state index in [1.54, 1.807) is 12.1 Å². The highest BCUT2D eigenvalue weighted by Gasteiger charge is 2.25. The Morgan fingerprint density at radius 3 is 2.25 bits per heavy atom. The SMILES string of the molecule is CCCCCCN(c1ccc2cc3ccc(N)cc3nc2c1)S(=O)(=O)c1ccc(C)cc1. The molecule has 0 aliphatic heterocycles. The maximum atomic E-state index is 13.6. The lowest BCUT2D eigenvalue weighted by Crippen LogP contribution is -2.32. The van der Waals surface area contributed by atoms with Crippen molar-refractivity contribution in [2.24, 2.45) is 0 Å². The first kappa shape index (κ1) is 22.1. The van der Waals surface area contributed by atoms with Gasteiger partial charge in [0, 0.05) is 23.0 Å². The lowest BCUT2D eigenvalue weighted by molar-refractivity contribution is 0.585. The van der Waals surface area contributed by atoms with Crippen LogP contribution >= 0.6 is 0 Å². The topological polar surface area (TPSA) is 76.3 Å². The van der Waals surface area contributed by atoms with Crippen LogP contribution in [0.4, 0.5) is 11.4 Å². The molecule has 1 aromatic heterocycles. The molecule has 0 saturated carbocycles. The molecule has 0 radical (unpaired) electrons. The number of benzene rings is 3. The predicted molar refractivity (Wildman–Crippen MR) is 134 cm³/mol. The summed E-state index contributed by atoms with van der Waals surface area (Å²) in [6.45, 7) is 4.53.